The number of rotatable bonds is 6. The lowest BCUT2D eigenvalue weighted by molar-refractivity contribution is 0.0526. The van der Waals surface area contributed by atoms with E-state index in [-0.39, 0.29) is 11.9 Å². The normalized spacial score (nSPS) is 10.9. The molecule has 0 aliphatic carbocycles. The monoisotopic (exact) mass is 515 g/mol. The highest BCUT2D eigenvalue weighted by Crippen LogP contribution is 2.21. The molecule has 0 spiro atoms. The van der Waals surface area contributed by atoms with Crippen LogP contribution in [0.2, 0.25) is 0 Å². The molecule has 3 aromatic rings. The molecule has 0 unspecified atom stereocenters. The van der Waals surface area contributed by atoms with Crippen LogP contribution in [0.4, 0.5) is 0 Å². The first kappa shape index (κ1) is 21.8. The second-order valence-corrected chi connectivity index (χ2v) is 7.89. The van der Waals surface area contributed by atoms with Gasteiger partial charge in [-0.25, -0.2) is 10.2 Å². The molecule has 154 valence electrons. The van der Waals surface area contributed by atoms with Crippen molar-refractivity contribution in [3.8, 4) is 5.69 Å². The van der Waals surface area contributed by atoms with E-state index in [9.17, 15) is 9.59 Å². The number of nitrogens with one attached hydrogen (secondary N) is 1. The van der Waals surface area contributed by atoms with Gasteiger partial charge in [0.25, 0.3) is 5.91 Å². The van der Waals surface area contributed by atoms with Crippen LogP contribution in [-0.2, 0) is 4.74 Å². The van der Waals surface area contributed by atoms with E-state index >= 15 is 0 Å². The zero-order valence-electron chi connectivity index (χ0n) is 17.0. The molecule has 0 saturated heterocycles. The predicted molar refractivity (Wildman–Crippen MR) is 125 cm³/mol. The Morgan fingerprint density at radius 2 is 1.83 bits per heavy atom. The fourth-order valence-corrected chi connectivity index (χ4v) is 3.70. The van der Waals surface area contributed by atoms with Crippen LogP contribution >= 0.6 is 22.6 Å². The highest BCUT2D eigenvalue weighted by Gasteiger charge is 2.13. The highest BCUT2D eigenvalue weighted by molar-refractivity contribution is 14.1. The molecular formula is C23H22IN3O3. The van der Waals surface area contributed by atoms with E-state index in [1.165, 1.54) is 0 Å². The number of amides is 1. The molecule has 30 heavy (non-hydrogen) atoms. The Balaban J connectivity index is 1.81. The van der Waals surface area contributed by atoms with E-state index in [0.29, 0.717) is 17.7 Å². The van der Waals surface area contributed by atoms with Crippen LogP contribution in [0.1, 0.15) is 44.6 Å². The number of aromatic nitrogens is 1. The van der Waals surface area contributed by atoms with Crippen LogP contribution in [-0.4, -0.2) is 29.3 Å². The summed E-state index contributed by atoms with van der Waals surface area (Å²) >= 11 is 2.16. The Bertz CT molecular complexity index is 1120. The van der Waals surface area contributed by atoms with Crippen LogP contribution in [0.15, 0.2) is 59.7 Å². The van der Waals surface area contributed by atoms with Gasteiger partial charge in [0, 0.05) is 31.8 Å². The molecule has 3 rings (SSSR count). The van der Waals surface area contributed by atoms with Crippen molar-refractivity contribution in [1.82, 2.24) is 9.99 Å². The van der Waals surface area contributed by atoms with Gasteiger partial charge < -0.3 is 9.30 Å². The quantitative estimate of drug-likeness (QED) is 0.225. The summed E-state index contributed by atoms with van der Waals surface area (Å²) < 4.78 is 8.11. The minimum atomic E-state index is -0.345. The minimum Gasteiger partial charge on any atom is -0.462 e. The topological polar surface area (TPSA) is 72.7 Å². The van der Waals surface area contributed by atoms with Crippen molar-refractivity contribution >= 4 is 40.7 Å². The molecule has 0 bridgehead atoms. The third kappa shape index (κ3) is 4.96. The molecule has 0 aliphatic rings. The van der Waals surface area contributed by atoms with E-state index < -0.39 is 0 Å². The molecule has 1 heterocycles. The Kier molecular flexibility index (Phi) is 7.04. The Morgan fingerprint density at radius 3 is 2.57 bits per heavy atom. The molecule has 0 aliphatic heterocycles. The van der Waals surface area contributed by atoms with E-state index in [1.54, 1.807) is 37.4 Å². The standard InChI is InChI=1S/C23H22IN3O3/c1-4-30-23(29)18-8-6-10-21(13-18)27-15(2)11-19(16(27)3)14-25-26-22(28)17-7-5-9-20(24)12-17/h5-14H,4H2,1-3H3,(H,26,28)/b25-14-. The maximum Gasteiger partial charge on any atom is 0.338 e. The van der Waals surface area contributed by atoms with E-state index in [1.807, 2.05) is 48.7 Å². The highest BCUT2D eigenvalue weighted by atomic mass is 127. The smallest absolute Gasteiger partial charge is 0.338 e. The molecule has 0 atom stereocenters. The van der Waals surface area contributed by atoms with Gasteiger partial charge >= 0.3 is 5.97 Å². The zero-order chi connectivity index (χ0) is 21.7. The van der Waals surface area contributed by atoms with Crippen LogP contribution in [0.25, 0.3) is 5.69 Å². The second-order valence-electron chi connectivity index (χ2n) is 6.64. The molecule has 2 aromatic carbocycles. The predicted octanol–water partition coefficient (Wildman–Crippen LogP) is 4.64. The summed E-state index contributed by atoms with van der Waals surface area (Å²) in [4.78, 5) is 24.3. The van der Waals surface area contributed by atoms with Crippen molar-refractivity contribution in [2.24, 2.45) is 5.10 Å². The number of aryl methyl sites for hydroxylation is 1. The number of nitrogens with zero attached hydrogens (tertiary/aromatic N) is 2. The van der Waals surface area contributed by atoms with E-state index in [4.69, 9.17) is 4.74 Å². The van der Waals surface area contributed by atoms with Gasteiger partial charge in [-0.3, -0.25) is 4.79 Å². The van der Waals surface area contributed by atoms with E-state index in [0.717, 1.165) is 26.2 Å². The average Bonchev–Trinajstić information content (AvgIpc) is 3.01. The van der Waals surface area contributed by atoms with Crippen molar-refractivity contribution in [3.05, 3.63) is 86.2 Å². The van der Waals surface area contributed by atoms with Gasteiger partial charge in [0.15, 0.2) is 0 Å². The largest absolute Gasteiger partial charge is 0.462 e. The number of carbonyl (C=O) groups excluding carboxylic acids is 2. The molecule has 0 fully saturated rings. The molecule has 0 saturated carbocycles. The maximum absolute atomic E-state index is 12.2. The maximum atomic E-state index is 12.2. The molecule has 1 amide bonds. The first-order chi connectivity index (χ1) is 14.4. The first-order valence-corrected chi connectivity index (χ1v) is 10.5. The number of halogens is 1. The summed E-state index contributed by atoms with van der Waals surface area (Å²) in [6.07, 6.45) is 1.62. The Labute approximate surface area is 189 Å². The molecule has 1 N–H and O–H groups in total. The van der Waals surface area contributed by atoms with Crippen LogP contribution in [0, 0.1) is 17.4 Å². The number of hydrogen-bond acceptors (Lipinski definition) is 4. The molecule has 0 radical (unpaired) electrons. The van der Waals surface area contributed by atoms with Gasteiger partial charge in [-0.05, 0) is 85.8 Å². The van der Waals surface area contributed by atoms with Crippen LogP contribution in [0.3, 0.4) is 0 Å². The first-order valence-electron chi connectivity index (χ1n) is 9.46. The van der Waals surface area contributed by atoms with Crippen LogP contribution < -0.4 is 5.43 Å². The van der Waals surface area contributed by atoms with Gasteiger partial charge in [-0.15, -0.1) is 0 Å². The lowest BCUT2D eigenvalue weighted by atomic mass is 10.2. The minimum absolute atomic E-state index is 0.263. The second kappa shape index (κ2) is 9.71. The third-order valence-electron chi connectivity index (χ3n) is 4.54. The number of carbonyl (C=O) groups is 2. The average molecular weight is 515 g/mol. The number of hydrazone groups is 1. The molecule has 7 heteroatoms. The fraction of sp³-hybridized carbons (Fsp3) is 0.174. The lowest BCUT2D eigenvalue weighted by Gasteiger charge is -2.11. The molecule has 1 aromatic heterocycles. The summed E-state index contributed by atoms with van der Waals surface area (Å²) in [6.45, 7) is 6.06. The van der Waals surface area contributed by atoms with E-state index in [2.05, 4.69) is 33.1 Å². The lowest BCUT2D eigenvalue weighted by Crippen LogP contribution is -2.17. The summed E-state index contributed by atoms with van der Waals surface area (Å²) in [5.41, 5.74) is 7.28. The van der Waals surface area contributed by atoms with Crippen molar-refractivity contribution in [1.29, 1.82) is 0 Å². The fourth-order valence-electron chi connectivity index (χ4n) is 3.16. The molecule has 6 nitrogen and oxygen atoms in total. The Morgan fingerprint density at radius 1 is 1.10 bits per heavy atom. The number of hydrogen-bond donors (Lipinski definition) is 1. The summed E-state index contributed by atoms with van der Waals surface area (Å²) in [5, 5.41) is 4.11. The molecular weight excluding hydrogens is 493 g/mol. The van der Waals surface area contributed by atoms with Crippen LogP contribution in [0.5, 0.6) is 0 Å². The van der Waals surface area contributed by atoms with Gasteiger partial charge in [0.05, 0.1) is 18.4 Å². The number of esters is 1. The SMILES string of the molecule is CCOC(=O)c1cccc(-n2c(C)cc(/C=N\NC(=O)c3cccc(I)c3)c2C)c1. The summed E-state index contributed by atoms with van der Waals surface area (Å²) in [5.74, 6) is -0.609. The number of benzene rings is 2. The third-order valence-corrected chi connectivity index (χ3v) is 5.21. The number of ether oxygens (including phenoxy) is 1. The van der Waals surface area contributed by atoms with Gasteiger partial charge in [0.1, 0.15) is 0 Å². The van der Waals surface area contributed by atoms with Crippen molar-refractivity contribution in [2.75, 3.05) is 6.61 Å². The van der Waals surface area contributed by atoms with Gasteiger partial charge in [-0.2, -0.15) is 5.10 Å². The van der Waals surface area contributed by atoms with Crippen molar-refractivity contribution in [2.45, 2.75) is 20.8 Å². The van der Waals surface area contributed by atoms with Gasteiger partial charge in [0.2, 0.25) is 0 Å². The zero-order valence-corrected chi connectivity index (χ0v) is 19.1. The summed E-state index contributed by atoms with van der Waals surface area (Å²) in [7, 11) is 0. The summed E-state index contributed by atoms with van der Waals surface area (Å²) in [6, 6.07) is 16.6. The van der Waals surface area contributed by atoms with Gasteiger partial charge in [-0.1, -0.05) is 12.1 Å². The Hall–Kier alpha value is -2.94. The van der Waals surface area contributed by atoms with Crippen molar-refractivity contribution in [3.63, 3.8) is 0 Å². The van der Waals surface area contributed by atoms with Crippen molar-refractivity contribution < 1.29 is 14.3 Å².